The van der Waals surface area contributed by atoms with Crippen LogP contribution in [0.3, 0.4) is 0 Å². The van der Waals surface area contributed by atoms with Crippen LogP contribution in [0.4, 0.5) is 4.39 Å². The monoisotopic (exact) mass is 333 g/mol. The Labute approximate surface area is 140 Å². The average molecular weight is 333 g/mol. The standard InChI is InChI=1S/C18H20FNO2S/c1-20(11-14-7-9-16(19)10-8-14)18(22)13-23-12-17(21)15-5-3-2-4-6-15/h2-10,17,21H,11-13H2,1H3. The summed E-state index contributed by atoms with van der Waals surface area (Å²) in [5, 5.41) is 10.1. The number of benzene rings is 2. The highest BCUT2D eigenvalue weighted by atomic mass is 32.2. The number of nitrogens with zero attached hydrogens (tertiary/aromatic N) is 1. The summed E-state index contributed by atoms with van der Waals surface area (Å²) in [5.74, 6) is 0.481. The Bertz CT molecular complexity index is 619. The maximum absolute atomic E-state index is 12.9. The SMILES string of the molecule is CN(Cc1ccc(F)cc1)C(=O)CSCC(O)c1ccccc1. The van der Waals surface area contributed by atoms with Gasteiger partial charge in [-0.3, -0.25) is 4.79 Å². The third-order valence-corrected chi connectivity index (χ3v) is 4.45. The van der Waals surface area contributed by atoms with E-state index in [0.29, 0.717) is 18.1 Å². The Balaban J connectivity index is 1.74. The van der Waals surface area contributed by atoms with E-state index >= 15 is 0 Å². The summed E-state index contributed by atoms with van der Waals surface area (Å²) in [6, 6.07) is 15.5. The van der Waals surface area contributed by atoms with Gasteiger partial charge in [-0.2, -0.15) is 0 Å². The first-order chi connectivity index (χ1) is 11.1. The van der Waals surface area contributed by atoms with E-state index in [9.17, 15) is 14.3 Å². The van der Waals surface area contributed by atoms with Gasteiger partial charge < -0.3 is 10.0 Å². The molecule has 0 radical (unpaired) electrons. The molecule has 0 aromatic heterocycles. The smallest absolute Gasteiger partial charge is 0.232 e. The number of carbonyl (C=O) groups is 1. The fraction of sp³-hybridized carbons (Fsp3) is 0.278. The van der Waals surface area contributed by atoms with Crippen LogP contribution >= 0.6 is 11.8 Å². The van der Waals surface area contributed by atoms with Gasteiger partial charge in [-0.25, -0.2) is 4.39 Å². The number of hydrogen-bond acceptors (Lipinski definition) is 3. The molecule has 2 aromatic rings. The first-order valence-electron chi connectivity index (χ1n) is 7.35. The second kappa shape index (κ2) is 8.70. The van der Waals surface area contributed by atoms with Gasteiger partial charge in [0.25, 0.3) is 0 Å². The molecular formula is C18H20FNO2S. The molecule has 0 bridgehead atoms. The molecule has 0 aliphatic carbocycles. The first-order valence-corrected chi connectivity index (χ1v) is 8.51. The van der Waals surface area contributed by atoms with Gasteiger partial charge in [-0.15, -0.1) is 11.8 Å². The maximum atomic E-state index is 12.9. The molecule has 2 rings (SSSR count). The van der Waals surface area contributed by atoms with Gasteiger partial charge in [0.05, 0.1) is 11.9 Å². The lowest BCUT2D eigenvalue weighted by molar-refractivity contribution is -0.127. The van der Waals surface area contributed by atoms with Crippen LogP contribution in [0.2, 0.25) is 0 Å². The molecule has 1 unspecified atom stereocenters. The molecule has 0 spiro atoms. The predicted molar refractivity (Wildman–Crippen MR) is 91.6 cm³/mol. The topological polar surface area (TPSA) is 40.5 Å². The number of hydrogen-bond donors (Lipinski definition) is 1. The summed E-state index contributed by atoms with van der Waals surface area (Å²) < 4.78 is 12.9. The van der Waals surface area contributed by atoms with Crippen molar-refractivity contribution in [3.05, 3.63) is 71.5 Å². The number of amides is 1. The maximum Gasteiger partial charge on any atom is 0.232 e. The van der Waals surface area contributed by atoms with Gasteiger partial charge in [0.15, 0.2) is 0 Å². The van der Waals surface area contributed by atoms with Crippen molar-refractivity contribution in [2.75, 3.05) is 18.6 Å². The van der Waals surface area contributed by atoms with E-state index in [1.54, 1.807) is 24.1 Å². The third-order valence-electron chi connectivity index (χ3n) is 3.44. The molecule has 5 heteroatoms. The Hall–Kier alpha value is -1.85. The summed E-state index contributed by atoms with van der Waals surface area (Å²) in [7, 11) is 1.72. The minimum Gasteiger partial charge on any atom is -0.388 e. The Kier molecular flexibility index (Phi) is 6.62. The lowest BCUT2D eigenvalue weighted by atomic mass is 10.1. The highest BCUT2D eigenvalue weighted by Crippen LogP contribution is 2.18. The molecule has 122 valence electrons. The molecule has 23 heavy (non-hydrogen) atoms. The zero-order chi connectivity index (χ0) is 16.7. The molecule has 2 aromatic carbocycles. The van der Waals surface area contributed by atoms with E-state index < -0.39 is 6.10 Å². The van der Waals surface area contributed by atoms with Gasteiger partial charge in [-0.05, 0) is 23.3 Å². The Morgan fingerprint density at radius 2 is 1.83 bits per heavy atom. The number of thioether (sulfide) groups is 1. The number of aliphatic hydroxyl groups excluding tert-OH is 1. The van der Waals surface area contributed by atoms with Crippen LogP contribution < -0.4 is 0 Å². The fourth-order valence-corrected chi connectivity index (χ4v) is 3.02. The van der Waals surface area contributed by atoms with Crippen molar-refractivity contribution in [2.45, 2.75) is 12.6 Å². The zero-order valence-corrected chi connectivity index (χ0v) is 13.8. The highest BCUT2D eigenvalue weighted by Gasteiger charge is 2.12. The molecule has 0 saturated carbocycles. The predicted octanol–water partition coefficient (Wildman–Crippen LogP) is 3.25. The largest absolute Gasteiger partial charge is 0.388 e. The van der Waals surface area contributed by atoms with Gasteiger partial charge in [-0.1, -0.05) is 42.5 Å². The van der Waals surface area contributed by atoms with Crippen LogP contribution in [0.25, 0.3) is 0 Å². The van der Waals surface area contributed by atoms with E-state index in [-0.39, 0.29) is 11.7 Å². The quantitative estimate of drug-likeness (QED) is 0.845. The van der Waals surface area contributed by atoms with Gasteiger partial charge >= 0.3 is 0 Å². The molecule has 0 fully saturated rings. The van der Waals surface area contributed by atoms with Crippen molar-refractivity contribution in [3.8, 4) is 0 Å². The minimum absolute atomic E-state index is 0.0143. The van der Waals surface area contributed by atoms with Crippen molar-refractivity contribution < 1.29 is 14.3 Å². The van der Waals surface area contributed by atoms with Crippen LogP contribution in [-0.4, -0.2) is 34.5 Å². The van der Waals surface area contributed by atoms with Crippen LogP contribution in [-0.2, 0) is 11.3 Å². The Morgan fingerprint density at radius 3 is 2.48 bits per heavy atom. The molecule has 0 aliphatic heterocycles. The van der Waals surface area contributed by atoms with Crippen molar-refractivity contribution in [2.24, 2.45) is 0 Å². The highest BCUT2D eigenvalue weighted by molar-refractivity contribution is 7.99. The van der Waals surface area contributed by atoms with Crippen LogP contribution in [0, 0.1) is 5.82 Å². The molecule has 1 atom stereocenters. The van der Waals surface area contributed by atoms with Gasteiger partial charge in [0, 0.05) is 19.3 Å². The summed E-state index contributed by atoms with van der Waals surface area (Å²) in [6.07, 6.45) is -0.573. The first kappa shape index (κ1) is 17.5. The van der Waals surface area contributed by atoms with Gasteiger partial charge in [0.1, 0.15) is 5.82 Å². The van der Waals surface area contributed by atoms with Crippen molar-refractivity contribution in [3.63, 3.8) is 0 Å². The van der Waals surface area contributed by atoms with E-state index in [0.717, 1.165) is 11.1 Å². The molecule has 0 aliphatic rings. The number of halogens is 1. The lowest BCUT2D eigenvalue weighted by Gasteiger charge is -2.18. The molecular weight excluding hydrogens is 313 g/mol. The zero-order valence-electron chi connectivity index (χ0n) is 13.0. The molecule has 1 amide bonds. The van der Waals surface area contributed by atoms with Crippen molar-refractivity contribution in [1.82, 2.24) is 4.90 Å². The fourth-order valence-electron chi connectivity index (χ4n) is 2.09. The van der Waals surface area contributed by atoms with E-state index in [1.807, 2.05) is 30.3 Å². The number of rotatable bonds is 7. The molecule has 3 nitrogen and oxygen atoms in total. The lowest BCUT2D eigenvalue weighted by Crippen LogP contribution is -2.28. The minimum atomic E-state index is -0.573. The van der Waals surface area contributed by atoms with Crippen molar-refractivity contribution in [1.29, 1.82) is 0 Å². The van der Waals surface area contributed by atoms with Crippen molar-refractivity contribution >= 4 is 17.7 Å². The second-order valence-electron chi connectivity index (χ2n) is 5.32. The molecule has 0 saturated heterocycles. The second-order valence-corrected chi connectivity index (χ2v) is 6.35. The van der Waals surface area contributed by atoms with Gasteiger partial charge in [0.2, 0.25) is 5.91 Å². The normalized spacial score (nSPS) is 12.0. The van der Waals surface area contributed by atoms with E-state index in [1.165, 1.54) is 23.9 Å². The van der Waals surface area contributed by atoms with Crippen LogP contribution in [0.15, 0.2) is 54.6 Å². The van der Waals surface area contributed by atoms with E-state index in [4.69, 9.17) is 0 Å². The molecule has 0 heterocycles. The van der Waals surface area contributed by atoms with Crippen LogP contribution in [0.5, 0.6) is 0 Å². The van der Waals surface area contributed by atoms with E-state index in [2.05, 4.69) is 0 Å². The number of aliphatic hydroxyl groups is 1. The van der Waals surface area contributed by atoms with Crippen LogP contribution in [0.1, 0.15) is 17.2 Å². The summed E-state index contributed by atoms with van der Waals surface area (Å²) in [5.41, 5.74) is 1.74. The summed E-state index contributed by atoms with van der Waals surface area (Å²) in [6.45, 7) is 0.445. The summed E-state index contributed by atoms with van der Waals surface area (Å²) in [4.78, 5) is 13.7. The number of carbonyl (C=O) groups excluding carboxylic acids is 1. The average Bonchev–Trinajstić information content (AvgIpc) is 2.57. The Morgan fingerprint density at radius 1 is 1.17 bits per heavy atom. The third kappa shape index (κ3) is 5.69. The molecule has 1 N–H and O–H groups in total. The summed E-state index contributed by atoms with van der Waals surface area (Å²) >= 11 is 1.40.